The first kappa shape index (κ1) is 29.0. The van der Waals surface area contributed by atoms with E-state index in [1.807, 2.05) is 30.3 Å². The molecule has 0 N–H and O–H groups in total. The number of para-hydroxylation sites is 1. The van der Waals surface area contributed by atoms with E-state index < -0.39 is 0 Å². The van der Waals surface area contributed by atoms with Crippen LogP contribution in [0.25, 0.3) is 99.9 Å². The second-order valence-corrected chi connectivity index (χ2v) is 12.8. The first-order chi connectivity index (χ1) is 25.2. The van der Waals surface area contributed by atoms with Gasteiger partial charge in [-0.3, -0.25) is 0 Å². The Bertz CT molecular complexity index is 2880. The van der Waals surface area contributed by atoms with E-state index in [4.69, 9.17) is 19.4 Å². The number of benzene rings is 8. The molecule has 8 aromatic carbocycles. The molecule has 51 heavy (non-hydrogen) atoms. The van der Waals surface area contributed by atoms with Crippen molar-refractivity contribution >= 4 is 43.3 Å². The summed E-state index contributed by atoms with van der Waals surface area (Å²) >= 11 is 0. The number of nitrogens with zero attached hydrogens (tertiary/aromatic N) is 3. The van der Waals surface area contributed by atoms with Gasteiger partial charge < -0.3 is 4.42 Å². The maximum absolute atomic E-state index is 6.26. The lowest BCUT2D eigenvalue weighted by molar-refractivity contribution is 0.631. The minimum Gasteiger partial charge on any atom is -0.456 e. The fourth-order valence-corrected chi connectivity index (χ4v) is 7.19. The van der Waals surface area contributed by atoms with Gasteiger partial charge in [0, 0.05) is 27.6 Å². The Kier molecular flexibility index (Phi) is 6.78. The fraction of sp³-hybridized carbons (Fsp3) is 0. The van der Waals surface area contributed by atoms with Crippen molar-refractivity contribution in [2.45, 2.75) is 0 Å². The molecular formula is C47H29N3O. The summed E-state index contributed by atoms with van der Waals surface area (Å²) < 4.78 is 6.26. The van der Waals surface area contributed by atoms with Crippen molar-refractivity contribution in [2.24, 2.45) is 0 Å². The third-order valence-electron chi connectivity index (χ3n) is 9.71. The molecule has 238 valence electrons. The minimum absolute atomic E-state index is 0.599. The number of fused-ring (bicyclic) bond motifs is 5. The van der Waals surface area contributed by atoms with Gasteiger partial charge in [-0.05, 0) is 67.7 Å². The lowest BCUT2D eigenvalue weighted by atomic mass is 9.93. The highest BCUT2D eigenvalue weighted by Crippen LogP contribution is 2.39. The van der Waals surface area contributed by atoms with Crippen molar-refractivity contribution in [3.8, 4) is 56.6 Å². The molecule has 0 unspecified atom stereocenters. The van der Waals surface area contributed by atoms with Crippen molar-refractivity contribution in [2.75, 3.05) is 0 Å². The van der Waals surface area contributed by atoms with Crippen LogP contribution in [0.1, 0.15) is 0 Å². The summed E-state index contributed by atoms with van der Waals surface area (Å²) in [5.74, 6) is 2.65. The average molecular weight is 652 g/mol. The maximum Gasteiger partial charge on any atom is 0.165 e. The highest BCUT2D eigenvalue weighted by Gasteiger charge is 2.19. The Morgan fingerprint density at radius 3 is 1.75 bits per heavy atom. The summed E-state index contributed by atoms with van der Waals surface area (Å²) in [6.45, 7) is 0. The molecule has 2 heterocycles. The third kappa shape index (κ3) is 5.13. The minimum atomic E-state index is 0.599. The Morgan fingerprint density at radius 2 is 0.922 bits per heavy atom. The molecule has 10 aromatic rings. The Morgan fingerprint density at radius 1 is 0.314 bits per heavy atom. The smallest absolute Gasteiger partial charge is 0.165 e. The number of hydrogen-bond acceptors (Lipinski definition) is 4. The van der Waals surface area contributed by atoms with E-state index >= 15 is 0 Å². The Hall–Kier alpha value is -6.91. The summed E-state index contributed by atoms with van der Waals surface area (Å²) in [4.78, 5) is 15.7. The van der Waals surface area contributed by atoms with Crippen LogP contribution in [0, 0.1) is 0 Å². The molecule has 4 heteroatoms. The Labute approximate surface area is 294 Å². The van der Waals surface area contributed by atoms with E-state index in [1.54, 1.807) is 0 Å². The largest absolute Gasteiger partial charge is 0.456 e. The molecule has 10 rings (SSSR count). The van der Waals surface area contributed by atoms with Gasteiger partial charge in [0.2, 0.25) is 0 Å². The lowest BCUT2D eigenvalue weighted by Gasteiger charge is -2.15. The van der Waals surface area contributed by atoms with E-state index in [2.05, 4.69) is 146 Å². The number of hydrogen-bond donors (Lipinski definition) is 0. The standard InChI is InChI=1S/C47H29N3O/c1-2-11-30(12-3-1)31-21-23-33(24-22-31)45-48-46(37-17-10-16-35(27-37)43-29-36-15-6-9-20-42(36)51-43)50-47(49-45)44-39-19-8-5-14-34(39)28-41-38-18-7-4-13-32(38)25-26-40(41)44/h1-29H. The number of furan rings is 1. The summed E-state index contributed by atoms with van der Waals surface area (Å²) in [5, 5.41) is 7.97. The maximum atomic E-state index is 6.26. The highest BCUT2D eigenvalue weighted by molar-refractivity contribution is 6.19. The van der Waals surface area contributed by atoms with E-state index in [0.29, 0.717) is 17.5 Å². The van der Waals surface area contributed by atoms with Gasteiger partial charge in [-0.15, -0.1) is 0 Å². The highest BCUT2D eigenvalue weighted by atomic mass is 16.3. The van der Waals surface area contributed by atoms with Crippen molar-refractivity contribution in [3.63, 3.8) is 0 Å². The molecule has 0 aliphatic heterocycles. The zero-order chi connectivity index (χ0) is 33.7. The molecule has 0 saturated heterocycles. The second kappa shape index (κ2) is 11.9. The zero-order valence-corrected chi connectivity index (χ0v) is 27.5. The van der Waals surface area contributed by atoms with E-state index in [0.717, 1.165) is 66.3 Å². The lowest BCUT2D eigenvalue weighted by Crippen LogP contribution is -2.01. The van der Waals surface area contributed by atoms with Gasteiger partial charge in [0.1, 0.15) is 11.3 Å². The normalized spacial score (nSPS) is 11.5. The van der Waals surface area contributed by atoms with Crippen molar-refractivity contribution in [1.82, 2.24) is 15.0 Å². The van der Waals surface area contributed by atoms with Gasteiger partial charge in [-0.25, -0.2) is 15.0 Å². The molecule has 0 atom stereocenters. The van der Waals surface area contributed by atoms with E-state index in [1.165, 1.54) is 16.2 Å². The predicted molar refractivity (Wildman–Crippen MR) is 209 cm³/mol. The van der Waals surface area contributed by atoms with E-state index in [-0.39, 0.29) is 0 Å². The first-order valence-corrected chi connectivity index (χ1v) is 17.1. The SMILES string of the molecule is c1ccc(-c2ccc(-c3nc(-c4cccc(-c5cc6ccccc6o5)c4)nc(-c4c5ccccc5cc5c4ccc4ccccc45)n3)cc2)cc1. The van der Waals surface area contributed by atoms with Gasteiger partial charge in [-0.2, -0.15) is 0 Å². The average Bonchev–Trinajstić information content (AvgIpc) is 3.65. The van der Waals surface area contributed by atoms with Gasteiger partial charge in [-0.1, -0.05) is 152 Å². The summed E-state index contributed by atoms with van der Waals surface area (Å²) in [6.07, 6.45) is 0. The van der Waals surface area contributed by atoms with Crippen LogP contribution >= 0.6 is 0 Å². The van der Waals surface area contributed by atoms with Crippen LogP contribution in [-0.4, -0.2) is 15.0 Å². The van der Waals surface area contributed by atoms with Crippen LogP contribution < -0.4 is 0 Å². The van der Waals surface area contributed by atoms with Crippen LogP contribution in [-0.2, 0) is 0 Å². The van der Waals surface area contributed by atoms with Crippen LogP contribution in [0.15, 0.2) is 180 Å². The van der Waals surface area contributed by atoms with Crippen LogP contribution in [0.4, 0.5) is 0 Å². The molecule has 0 fully saturated rings. The Balaban J connectivity index is 1.21. The van der Waals surface area contributed by atoms with Crippen LogP contribution in [0.3, 0.4) is 0 Å². The molecular weight excluding hydrogens is 623 g/mol. The molecule has 4 nitrogen and oxygen atoms in total. The molecule has 0 bridgehead atoms. The zero-order valence-electron chi connectivity index (χ0n) is 27.5. The van der Waals surface area contributed by atoms with Crippen molar-refractivity contribution in [1.29, 1.82) is 0 Å². The van der Waals surface area contributed by atoms with Gasteiger partial charge in [0.25, 0.3) is 0 Å². The third-order valence-corrected chi connectivity index (χ3v) is 9.71. The predicted octanol–water partition coefficient (Wildman–Crippen LogP) is 12.4. The summed E-state index contributed by atoms with van der Waals surface area (Å²) in [7, 11) is 0. The van der Waals surface area contributed by atoms with Crippen LogP contribution in [0.5, 0.6) is 0 Å². The molecule has 0 aliphatic rings. The van der Waals surface area contributed by atoms with E-state index in [9.17, 15) is 0 Å². The molecule has 0 amide bonds. The summed E-state index contributed by atoms with van der Waals surface area (Å²) in [6, 6.07) is 61.0. The number of aromatic nitrogens is 3. The van der Waals surface area contributed by atoms with Gasteiger partial charge in [0.15, 0.2) is 17.5 Å². The monoisotopic (exact) mass is 651 g/mol. The summed E-state index contributed by atoms with van der Waals surface area (Å²) in [5.41, 5.74) is 6.92. The van der Waals surface area contributed by atoms with Crippen LogP contribution in [0.2, 0.25) is 0 Å². The molecule has 0 aliphatic carbocycles. The molecule has 0 saturated carbocycles. The molecule has 2 aromatic heterocycles. The quantitative estimate of drug-likeness (QED) is 0.137. The topological polar surface area (TPSA) is 51.8 Å². The number of rotatable bonds is 5. The first-order valence-electron chi connectivity index (χ1n) is 17.1. The van der Waals surface area contributed by atoms with Gasteiger partial charge in [0.05, 0.1) is 0 Å². The molecule has 0 spiro atoms. The second-order valence-electron chi connectivity index (χ2n) is 12.8. The van der Waals surface area contributed by atoms with Crippen molar-refractivity contribution in [3.05, 3.63) is 176 Å². The van der Waals surface area contributed by atoms with Gasteiger partial charge >= 0.3 is 0 Å². The molecule has 0 radical (unpaired) electrons. The fourth-order valence-electron chi connectivity index (χ4n) is 7.19. The van der Waals surface area contributed by atoms with Crippen molar-refractivity contribution < 1.29 is 4.42 Å².